The van der Waals surface area contributed by atoms with Crippen LogP contribution in [-0.4, -0.2) is 19.3 Å². The fourth-order valence-corrected chi connectivity index (χ4v) is 1.21. The van der Waals surface area contributed by atoms with E-state index in [4.69, 9.17) is 9.31 Å². The van der Waals surface area contributed by atoms with Gasteiger partial charge in [-0.15, -0.1) is 5.92 Å². The van der Waals surface area contributed by atoms with E-state index in [1.165, 1.54) is 19.3 Å². The Morgan fingerprint density at radius 2 is 1.56 bits per heavy atom. The maximum absolute atomic E-state index is 5.57. The fourth-order valence-electron chi connectivity index (χ4n) is 1.21. The van der Waals surface area contributed by atoms with Crippen molar-refractivity contribution in [2.24, 2.45) is 0 Å². The second-order valence-corrected chi connectivity index (χ2v) is 4.48. The predicted octanol–water partition coefficient (Wildman–Crippen LogP) is 3.45. The summed E-state index contributed by atoms with van der Waals surface area (Å²) in [6, 6.07) is 0. The van der Waals surface area contributed by atoms with Gasteiger partial charge in [0.05, 0.1) is 0 Å². The Morgan fingerprint density at radius 1 is 1.00 bits per heavy atom. The van der Waals surface area contributed by atoms with Crippen LogP contribution in [0.5, 0.6) is 0 Å². The van der Waals surface area contributed by atoms with Crippen molar-refractivity contribution in [3.8, 4) is 11.7 Å². The molecule has 0 aromatic carbocycles. The van der Waals surface area contributed by atoms with Crippen molar-refractivity contribution >= 4 is 7.12 Å². The Bertz CT molecular complexity index is 206. The van der Waals surface area contributed by atoms with E-state index in [0.717, 1.165) is 6.42 Å². The lowest BCUT2D eigenvalue weighted by molar-refractivity contribution is 0.140. The molecule has 0 bridgehead atoms. The molecule has 3 heteroatoms. The minimum Gasteiger partial charge on any atom is -0.398 e. The molecule has 0 aromatic rings. The molecule has 2 nitrogen and oxygen atoms in total. The van der Waals surface area contributed by atoms with Crippen LogP contribution in [0.15, 0.2) is 0 Å². The minimum atomic E-state index is -0.373. The molecular weight excluding hydrogens is 199 g/mol. The Labute approximate surface area is 101 Å². The molecule has 0 fully saturated rings. The summed E-state index contributed by atoms with van der Waals surface area (Å²) in [4.78, 5) is 0. The van der Waals surface area contributed by atoms with E-state index < -0.39 is 0 Å². The molecule has 0 radical (unpaired) electrons. The molecule has 0 aliphatic heterocycles. The lowest BCUT2D eigenvalue weighted by Gasteiger charge is -2.14. The molecule has 0 aliphatic rings. The molecule has 0 atom stereocenters. The molecule has 0 saturated carbocycles. The molecule has 0 saturated heterocycles. The third-order valence-electron chi connectivity index (χ3n) is 1.92. The van der Waals surface area contributed by atoms with Gasteiger partial charge in [-0.05, 0) is 34.1 Å². The second-order valence-electron chi connectivity index (χ2n) is 4.48. The van der Waals surface area contributed by atoms with Crippen LogP contribution in [0.4, 0.5) is 0 Å². The zero-order chi connectivity index (χ0) is 12.4. The van der Waals surface area contributed by atoms with Gasteiger partial charge in [0.1, 0.15) is 0 Å². The van der Waals surface area contributed by atoms with Crippen LogP contribution in [0.2, 0.25) is 0 Å². The topological polar surface area (TPSA) is 18.5 Å². The van der Waals surface area contributed by atoms with Crippen LogP contribution in [0, 0.1) is 11.7 Å². The van der Waals surface area contributed by atoms with Crippen LogP contribution in [0.1, 0.15) is 60.3 Å². The molecule has 0 amide bonds. The Kier molecular flexibility index (Phi) is 9.47. The summed E-state index contributed by atoms with van der Waals surface area (Å²) in [7, 11) is -0.373. The summed E-state index contributed by atoms with van der Waals surface area (Å²) in [6.07, 6.45) is 4.88. The standard InChI is InChI=1S/C13H25BO2/c1-6-7-8-9-10-11-14(15-12(2)3)16-13(4)5/h12-13H,6-9H2,1-5H3. The summed E-state index contributed by atoms with van der Waals surface area (Å²) in [6.45, 7) is 10.2. The van der Waals surface area contributed by atoms with E-state index in [9.17, 15) is 0 Å². The molecule has 0 aliphatic carbocycles. The van der Waals surface area contributed by atoms with E-state index in [2.05, 4.69) is 18.7 Å². The van der Waals surface area contributed by atoms with Crippen LogP contribution < -0.4 is 0 Å². The van der Waals surface area contributed by atoms with Crippen molar-refractivity contribution < 1.29 is 9.31 Å². The van der Waals surface area contributed by atoms with Gasteiger partial charge in [0.15, 0.2) is 0 Å². The van der Waals surface area contributed by atoms with Crippen molar-refractivity contribution in [1.82, 2.24) is 0 Å². The SMILES string of the molecule is CCCCCC#CB(OC(C)C)OC(C)C. The highest BCUT2D eigenvalue weighted by molar-refractivity contribution is 6.54. The van der Waals surface area contributed by atoms with Crippen molar-refractivity contribution in [2.45, 2.75) is 72.5 Å². The maximum Gasteiger partial charge on any atom is 0.550 e. The summed E-state index contributed by atoms with van der Waals surface area (Å²) in [5, 5.41) is 0. The van der Waals surface area contributed by atoms with E-state index in [-0.39, 0.29) is 19.3 Å². The zero-order valence-corrected chi connectivity index (χ0v) is 11.4. The molecule has 0 heterocycles. The van der Waals surface area contributed by atoms with Crippen LogP contribution in [-0.2, 0) is 9.31 Å². The zero-order valence-electron chi connectivity index (χ0n) is 11.4. The second kappa shape index (κ2) is 9.75. The van der Waals surface area contributed by atoms with Gasteiger partial charge in [0, 0.05) is 18.6 Å². The molecule has 16 heavy (non-hydrogen) atoms. The minimum absolute atomic E-state index is 0.147. The summed E-state index contributed by atoms with van der Waals surface area (Å²) in [5.41, 5.74) is 0. The van der Waals surface area contributed by atoms with Crippen molar-refractivity contribution in [3.05, 3.63) is 0 Å². The van der Waals surface area contributed by atoms with E-state index in [1.54, 1.807) is 0 Å². The number of hydrogen-bond acceptors (Lipinski definition) is 2. The van der Waals surface area contributed by atoms with Crippen molar-refractivity contribution in [3.63, 3.8) is 0 Å². The molecule has 0 N–H and O–H groups in total. The predicted molar refractivity (Wildman–Crippen MR) is 70.1 cm³/mol. The smallest absolute Gasteiger partial charge is 0.398 e. The van der Waals surface area contributed by atoms with Crippen LogP contribution in [0.25, 0.3) is 0 Å². The summed E-state index contributed by atoms with van der Waals surface area (Å²) in [5.74, 6) is 6.18. The van der Waals surface area contributed by atoms with Gasteiger partial charge in [0.2, 0.25) is 0 Å². The Hall–Kier alpha value is -0.455. The first-order valence-corrected chi connectivity index (χ1v) is 6.35. The van der Waals surface area contributed by atoms with Crippen molar-refractivity contribution in [2.75, 3.05) is 0 Å². The number of hydrogen-bond donors (Lipinski definition) is 0. The highest BCUT2D eigenvalue weighted by Crippen LogP contribution is 2.01. The van der Waals surface area contributed by atoms with Gasteiger partial charge >= 0.3 is 7.12 Å². The van der Waals surface area contributed by atoms with Gasteiger partial charge in [-0.2, -0.15) is 0 Å². The van der Waals surface area contributed by atoms with Crippen LogP contribution >= 0.6 is 0 Å². The van der Waals surface area contributed by atoms with Gasteiger partial charge in [-0.3, -0.25) is 0 Å². The highest BCUT2D eigenvalue weighted by Gasteiger charge is 2.18. The molecule has 92 valence electrons. The molecule has 0 spiro atoms. The lowest BCUT2D eigenvalue weighted by Crippen LogP contribution is -2.28. The summed E-state index contributed by atoms with van der Waals surface area (Å²) >= 11 is 0. The largest absolute Gasteiger partial charge is 0.550 e. The average Bonchev–Trinajstić information content (AvgIpc) is 2.15. The van der Waals surface area contributed by atoms with E-state index in [0.29, 0.717) is 0 Å². The van der Waals surface area contributed by atoms with Crippen molar-refractivity contribution in [1.29, 1.82) is 0 Å². The fraction of sp³-hybridized carbons (Fsp3) is 0.846. The average molecular weight is 224 g/mol. The lowest BCUT2D eigenvalue weighted by atomic mass is 9.90. The van der Waals surface area contributed by atoms with Gasteiger partial charge < -0.3 is 9.31 Å². The quantitative estimate of drug-likeness (QED) is 0.374. The molecule has 0 aromatic heterocycles. The Morgan fingerprint density at radius 3 is 2.00 bits per heavy atom. The van der Waals surface area contributed by atoms with Gasteiger partial charge in [-0.1, -0.05) is 25.6 Å². The van der Waals surface area contributed by atoms with E-state index >= 15 is 0 Å². The third kappa shape index (κ3) is 10.1. The monoisotopic (exact) mass is 224 g/mol. The normalized spacial score (nSPS) is 10.4. The third-order valence-corrected chi connectivity index (χ3v) is 1.92. The first-order chi connectivity index (χ1) is 7.56. The van der Waals surface area contributed by atoms with Gasteiger partial charge in [0.25, 0.3) is 0 Å². The molecule has 0 rings (SSSR count). The van der Waals surface area contributed by atoms with Crippen LogP contribution in [0.3, 0.4) is 0 Å². The first-order valence-electron chi connectivity index (χ1n) is 6.35. The number of rotatable bonds is 7. The number of unbranched alkanes of at least 4 members (excludes halogenated alkanes) is 3. The Balaban J connectivity index is 3.97. The van der Waals surface area contributed by atoms with Gasteiger partial charge in [-0.25, -0.2) is 0 Å². The molecular formula is C13H25BO2. The summed E-state index contributed by atoms with van der Waals surface area (Å²) < 4.78 is 11.1. The molecule has 0 unspecified atom stereocenters. The first kappa shape index (κ1) is 15.5. The maximum atomic E-state index is 5.57. The highest BCUT2D eigenvalue weighted by atomic mass is 16.6. The van der Waals surface area contributed by atoms with E-state index in [1.807, 2.05) is 27.7 Å².